The molecule has 130 valence electrons. The summed E-state index contributed by atoms with van der Waals surface area (Å²) >= 11 is 0. The Balaban J connectivity index is 1.53. The Morgan fingerprint density at radius 1 is 1.16 bits per heavy atom. The first kappa shape index (κ1) is 16.0. The minimum atomic E-state index is -0.174. The number of benzene rings is 1. The standard InChI is InChI=1S/C19H22N4O2/c1-15-6-11-25-19(12-15)7-9-22(10-8-19)18(24)16-4-2-3-5-17(16)23-13-20-21-14-23/h2-5,12-14H,6-11H2,1H3. The van der Waals surface area contributed by atoms with Crippen LogP contribution >= 0.6 is 0 Å². The van der Waals surface area contributed by atoms with E-state index in [0.29, 0.717) is 18.7 Å². The topological polar surface area (TPSA) is 60.2 Å². The van der Waals surface area contributed by atoms with Gasteiger partial charge in [-0.15, -0.1) is 10.2 Å². The van der Waals surface area contributed by atoms with Gasteiger partial charge in [0.05, 0.1) is 23.5 Å². The fourth-order valence-corrected chi connectivity index (χ4v) is 3.73. The molecule has 1 aromatic heterocycles. The summed E-state index contributed by atoms with van der Waals surface area (Å²) < 4.78 is 7.83. The minimum Gasteiger partial charge on any atom is -0.370 e. The number of aromatic nitrogens is 3. The van der Waals surface area contributed by atoms with E-state index in [2.05, 4.69) is 23.2 Å². The number of likely N-dealkylation sites (tertiary alicyclic amines) is 1. The third kappa shape index (κ3) is 3.09. The Morgan fingerprint density at radius 3 is 2.60 bits per heavy atom. The number of carbonyl (C=O) groups excluding carboxylic acids is 1. The van der Waals surface area contributed by atoms with Crippen molar-refractivity contribution in [3.05, 3.63) is 54.1 Å². The first-order chi connectivity index (χ1) is 12.2. The zero-order valence-corrected chi connectivity index (χ0v) is 14.4. The molecule has 2 aromatic rings. The summed E-state index contributed by atoms with van der Waals surface area (Å²) in [4.78, 5) is 15.0. The van der Waals surface area contributed by atoms with Gasteiger partial charge in [0.25, 0.3) is 5.91 Å². The largest absolute Gasteiger partial charge is 0.370 e. The molecule has 4 rings (SSSR count). The van der Waals surface area contributed by atoms with E-state index in [1.165, 1.54) is 5.57 Å². The molecular weight excluding hydrogens is 316 g/mol. The Morgan fingerprint density at radius 2 is 1.88 bits per heavy atom. The highest BCUT2D eigenvalue weighted by Gasteiger charge is 2.37. The van der Waals surface area contributed by atoms with Gasteiger partial charge in [0.2, 0.25) is 0 Å². The van der Waals surface area contributed by atoms with Crippen LogP contribution in [0.1, 0.15) is 36.5 Å². The summed E-state index contributed by atoms with van der Waals surface area (Å²) in [5.74, 6) is 0.0515. The van der Waals surface area contributed by atoms with Crippen molar-refractivity contribution in [2.45, 2.75) is 31.8 Å². The molecule has 0 N–H and O–H groups in total. The van der Waals surface area contributed by atoms with Gasteiger partial charge in [-0.2, -0.15) is 0 Å². The van der Waals surface area contributed by atoms with Gasteiger partial charge in [-0.3, -0.25) is 9.36 Å². The average molecular weight is 338 g/mol. The molecule has 0 bridgehead atoms. The van der Waals surface area contributed by atoms with Gasteiger partial charge >= 0.3 is 0 Å². The Hall–Kier alpha value is -2.47. The molecule has 2 aliphatic rings. The monoisotopic (exact) mass is 338 g/mol. The maximum absolute atomic E-state index is 13.1. The molecule has 6 heteroatoms. The zero-order chi connectivity index (χ0) is 17.3. The van der Waals surface area contributed by atoms with Crippen LogP contribution in [0, 0.1) is 0 Å². The van der Waals surface area contributed by atoms with E-state index < -0.39 is 0 Å². The maximum Gasteiger partial charge on any atom is 0.255 e. The minimum absolute atomic E-state index is 0.0515. The number of amides is 1. The van der Waals surface area contributed by atoms with E-state index in [9.17, 15) is 4.79 Å². The van der Waals surface area contributed by atoms with Crippen molar-refractivity contribution >= 4 is 5.91 Å². The fraction of sp³-hybridized carbons (Fsp3) is 0.421. The van der Waals surface area contributed by atoms with Crippen molar-refractivity contribution in [1.82, 2.24) is 19.7 Å². The van der Waals surface area contributed by atoms with Crippen molar-refractivity contribution in [3.63, 3.8) is 0 Å². The second kappa shape index (κ2) is 6.44. The number of carbonyl (C=O) groups is 1. The molecule has 1 fully saturated rings. The van der Waals surface area contributed by atoms with Gasteiger partial charge in [-0.1, -0.05) is 23.8 Å². The number of hydrogen-bond acceptors (Lipinski definition) is 4. The molecule has 2 aliphatic heterocycles. The van der Waals surface area contributed by atoms with Gasteiger partial charge in [0, 0.05) is 13.1 Å². The third-order valence-corrected chi connectivity index (χ3v) is 5.12. The summed E-state index contributed by atoms with van der Waals surface area (Å²) in [7, 11) is 0. The quantitative estimate of drug-likeness (QED) is 0.790. The van der Waals surface area contributed by atoms with E-state index >= 15 is 0 Å². The van der Waals surface area contributed by atoms with Crippen LogP contribution in [-0.4, -0.2) is 50.9 Å². The zero-order valence-electron chi connectivity index (χ0n) is 14.4. The SMILES string of the molecule is CC1=CC2(CCN(C(=O)c3ccccc3-n3cnnc3)CC2)OCC1. The van der Waals surface area contributed by atoms with Gasteiger partial charge in [0.1, 0.15) is 12.7 Å². The summed E-state index contributed by atoms with van der Waals surface area (Å²) in [5.41, 5.74) is 2.70. The van der Waals surface area contributed by atoms with Crippen molar-refractivity contribution in [2.24, 2.45) is 0 Å². The van der Waals surface area contributed by atoms with Crippen molar-refractivity contribution < 1.29 is 9.53 Å². The second-order valence-electron chi connectivity index (χ2n) is 6.83. The van der Waals surface area contributed by atoms with Crippen molar-refractivity contribution in [1.29, 1.82) is 0 Å². The molecule has 1 spiro atoms. The lowest BCUT2D eigenvalue weighted by Crippen LogP contribution is -2.48. The van der Waals surface area contributed by atoms with Crippen LogP contribution in [0.3, 0.4) is 0 Å². The van der Waals surface area contributed by atoms with E-state index in [1.54, 1.807) is 17.2 Å². The molecule has 0 unspecified atom stereocenters. The fourth-order valence-electron chi connectivity index (χ4n) is 3.73. The number of ether oxygens (including phenoxy) is 1. The van der Waals surface area contributed by atoms with Crippen molar-refractivity contribution in [2.75, 3.05) is 19.7 Å². The Bertz CT molecular complexity index is 790. The van der Waals surface area contributed by atoms with Gasteiger partial charge in [-0.05, 0) is 38.3 Å². The first-order valence-electron chi connectivity index (χ1n) is 8.72. The lowest BCUT2D eigenvalue weighted by molar-refractivity contribution is -0.0522. The molecule has 1 aromatic carbocycles. The predicted molar refractivity (Wildman–Crippen MR) is 93.6 cm³/mol. The van der Waals surface area contributed by atoms with Crippen LogP contribution < -0.4 is 0 Å². The summed E-state index contributed by atoms with van der Waals surface area (Å²) in [6.45, 7) is 4.36. The molecule has 3 heterocycles. The normalized spacial score (nSPS) is 19.7. The van der Waals surface area contributed by atoms with Crippen LogP contribution in [0.15, 0.2) is 48.6 Å². The smallest absolute Gasteiger partial charge is 0.255 e. The highest BCUT2D eigenvalue weighted by atomic mass is 16.5. The Labute approximate surface area is 147 Å². The number of para-hydroxylation sites is 1. The van der Waals surface area contributed by atoms with E-state index in [1.807, 2.05) is 29.2 Å². The molecule has 6 nitrogen and oxygen atoms in total. The highest BCUT2D eigenvalue weighted by Crippen LogP contribution is 2.33. The summed E-state index contributed by atoms with van der Waals surface area (Å²) in [6, 6.07) is 7.59. The van der Waals surface area contributed by atoms with E-state index in [-0.39, 0.29) is 11.5 Å². The van der Waals surface area contributed by atoms with Crippen LogP contribution in [0.5, 0.6) is 0 Å². The molecule has 25 heavy (non-hydrogen) atoms. The molecule has 1 amide bonds. The lowest BCUT2D eigenvalue weighted by Gasteiger charge is -2.42. The number of nitrogens with zero attached hydrogens (tertiary/aromatic N) is 4. The first-order valence-corrected chi connectivity index (χ1v) is 8.72. The number of piperidine rings is 1. The molecule has 0 saturated carbocycles. The molecular formula is C19H22N4O2. The molecule has 1 saturated heterocycles. The highest BCUT2D eigenvalue weighted by molar-refractivity contribution is 5.97. The molecule has 0 atom stereocenters. The maximum atomic E-state index is 13.1. The van der Waals surface area contributed by atoms with Gasteiger partial charge in [-0.25, -0.2) is 0 Å². The van der Waals surface area contributed by atoms with Crippen LogP contribution in [0.4, 0.5) is 0 Å². The van der Waals surface area contributed by atoms with Crippen LogP contribution in [0.2, 0.25) is 0 Å². The Kier molecular flexibility index (Phi) is 4.13. The average Bonchev–Trinajstić information content (AvgIpc) is 3.16. The molecule has 0 aliphatic carbocycles. The molecule has 0 radical (unpaired) electrons. The number of hydrogen-bond donors (Lipinski definition) is 0. The second-order valence-corrected chi connectivity index (χ2v) is 6.83. The van der Waals surface area contributed by atoms with Crippen LogP contribution in [-0.2, 0) is 4.74 Å². The summed E-state index contributed by atoms with van der Waals surface area (Å²) in [6.07, 6.45) is 8.21. The van der Waals surface area contributed by atoms with Gasteiger partial charge in [0.15, 0.2) is 0 Å². The third-order valence-electron chi connectivity index (χ3n) is 5.12. The van der Waals surface area contributed by atoms with Gasteiger partial charge < -0.3 is 9.64 Å². The summed E-state index contributed by atoms with van der Waals surface area (Å²) in [5, 5.41) is 7.68. The van der Waals surface area contributed by atoms with Crippen molar-refractivity contribution in [3.8, 4) is 5.69 Å². The van der Waals surface area contributed by atoms with Crippen LogP contribution in [0.25, 0.3) is 5.69 Å². The van der Waals surface area contributed by atoms with E-state index in [4.69, 9.17) is 4.74 Å². The van der Waals surface area contributed by atoms with E-state index in [0.717, 1.165) is 31.6 Å². The lowest BCUT2D eigenvalue weighted by atomic mass is 9.86. The number of rotatable bonds is 2. The predicted octanol–water partition coefficient (Wildman–Crippen LogP) is 2.61.